The van der Waals surface area contributed by atoms with Crippen molar-refractivity contribution in [2.45, 2.75) is 0 Å². The van der Waals surface area contributed by atoms with Crippen LogP contribution in [0.1, 0.15) is 0 Å². The van der Waals surface area contributed by atoms with E-state index in [2.05, 4.69) is 28.1 Å². The molecule has 2 aromatic carbocycles. The van der Waals surface area contributed by atoms with Crippen molar-refractivity contribution in [3.8, 4) is 22.6 Å². The Balaban J connectivity index is 2.12. The Bertz CT molecular complexity index is 537. The molecule has 2 aromatic rings. The highest BCUT2D eigenvalue weighted by Crippen LogP contribution is 2.39. The zero-order valence-electron chi connectivity index (χ0n) is 9.15. The summed E-state index contributed by atoms with van der Waals surface area (Å²) in [4.78, 5) is 0. The zero-order chi connectivity index (χ0) is 11.7. The molecule has 0 N–H and O–H groups in total. The summed E-state index contributed by atoms with van der Waals surface area (Å²) in [7, 11) is 0. The summed E-state index contributed by atoms with van der Waals surface area (Å²) in [6, 6.07) is 14.2. The number of hydrogen-bond acceptors (Lipinski definition) is 2. The molecule has 0 fully saturated rings. The van der Waals surface area contributed by atoms with Crippen LogP contribution in [0.3, 0.4) is 0 Å². The molecule has 2 nitrogen and oxygen atoms in total. The van der Waals surface area contributed by atoms with Crippen molar-refractivity contribution < 1.29 is 9.47 Å². The van der Waals surface area contributed by atoms with Crippen LogP contribution in [0.5, 0.6) is 11.5 Å². The summed E-state index contributed by atoms with van der Waals surface area (Å²) in [5.74, 6) is 1.63. The van der Waals surface area contributed by atoms with Gasteiger partial charge < -0.3 is 9.47 Å². The minimum atomic E-state index is 0.614. The Labute approximate surface area is 108 Å². The van der Waals surface area contributed by atoms with E-state index in [1.54, 1.807) is 0 Å². The fraction of sp³-hybridized carbons (Fsp3) is 0.143. The number of hydrogen-bond donors (Lipinski definition) is 0. The largest absolute Gasteiger partial charge is 0.486 e. The van der Waals surface area contributed by atoms with Gasteiger partial charge in [-0.2, -0.15) is 0 Å². The van der Waals surface area contributed by atoms with Gasteiger partial charge in [-0.15, -0.1) is 0 Å². The van der Waals surface area contributed by atoms with Crippen LogP contribution in [0.4, 0.5) is 0 Å². The highest BCUT2D eigenvalue weighted by atomic mass is 79.9. The Morgan fingerprint density at radius 3 is 2.24 bits per heavy atom. The summed E-state index contributed by atoms with van der Waals surface area (Å²) in [6.07, 6.45) is 0. The molecule has 1 aliphatic rings. The van der Waals surface area contributed by atoms with E-state index in [0.29, 0.717) is 13.2 Å². The molecule has 86 valence electrons. The van der Waals surface area contributed by atoms with Crippen molar-refractivity contribution in [2.24, 2.45) is 0 Å². The average Bonchev–Trinajstić information content (AvgIpc) is 2.39. The van der Waals surface area contributed by atoms with Gasteiger partial charge in [0, 0.05) is 4.47 Å². The van der Waals surface area contributed by atoms with Crippen molar-refractivity contribution in [1.29, 1.82) is 0 Å². The van der Waals surface area contributed by atoms with Crippen molar-refractivity contribution in [2.75, 3.05) is 13.2 Å². The molecule has 1 aliphatic heterocycles. The average molecular weight is 291 g/mol. The lowest BCUT2D eigenvalue weighted by molar-refractivity contribution is 0.171. The fourth-order valence-corrected chi connectivity index (χ4v) is 2.45. The first-order valence-electron chi connectivity index (χ1n) is 5.49. The van der Waals surface area contributed by atoms with Gasteiger partial charge in [-0.25, -0.2) is 0 Å². The van der Waals surface area contributed by atoms with Crippen molar-refractivity contribution in [3.63, 3.8) is 0 Å². The molecule has 0 amide bonds. The molecule has 1 heterocycles. The van der Waals surface area contributed by atoms with Gasteiger partial charge in [-0.05, 0) is 23.3 Å². The normalized spacial score (nSPS) is 13.5. The highest BCUT2D eigenvalue weighted by Gasteiger charge is 2.15. The van der Waals surface area contributed by atoms with Crippen LogP contribution in [0.15, 0.2) is 46.9 Å². The number of rotatable bonds is 1. The van der Waals surface area contributed by atoms with Gasteiger partial charge in [-0.3, -0.25) is 0 Å². The summed E-state index contributed by atoms with van der Waals surface area (Å²) >= 11 is 3.58. The summed E-state index contributed by atoms with van der Waals surface area (Å²) in [5, 5.41) is 0. The Hall–Kier alpha value is -1.48. The van der Waals surface area contributed by atoms with E-state index < -0.39 is 0 Å². The lowest BCUT2D eigenvalue weighted by Crippen LogP contribution is -2.15. The minimum absolute atomic E-state index is 0.614. The van der Waals surface area contributed by atoms with Gasteiger partial charge >= 0.3 is 0 Å². The first kappa shape index (κ1) is 10.7. The van der Waals surface area contributed by atoms with E-state index in [1.165, 1.54) is 0 Å². The number of fused-ring (bicyclic) bond motifs is 1. The third kappa shape index (κ3) is 2.03. The van der Waals surface area contributed by atoms with Crippen molar-refractivity contribution in [1.82, 2.24) is 0 Å². The second-order valence-electron chi connectivity index (χ2n) is 3.84. The predicted molar refractivity (Wildman–Crippen MR) is 70.6 cm³/mol. The quantitative estimate of drug-likeness (QED) is 0.793. The van der Waals surface area contributed by atoms with Gasteiger partial charge in [0.2, 0.25) is 0 Å². The van der Waals surface area contributed by atoms with Crippen molar-refractivity contribution in [3.05, 3.63) is 46.9 Å². The molecule has 0 aliphatic carbocycles. The van der Waals surface area contributed by atoms with E-state index in [-0.39, 0.29) is 0 Å². The van der Waals surface area contributed by atoms with Gasteiger partial charge in [-0.1, -0.05) is 46.3 Å². The molecule has 3 rings (SSSR count). The number of ether oxygens (including phenoxy) is 2. The van der Waals surface area contributed by atoms with Crippen molar-refractivity contribution >= 4 is 15.9 Å². The molecule has 0 radical (unpaired) electrons. The summed E-state index contributed by atoms with van der Waals surface area (Å²) < 4.78 is 12.2. The van der Waals surface area contributed by atoms with Crippen LogP contribution in [0.25, 0.3) is 11.1 Å². The Morgan fingerprint density at radius 2 is 1.53 bits per heavy atom. The molecule has 0 saturated heterocycles. The van der Waals surface area contributed by atoms with E-state index >= 15 is 0 Å². The third-order valence-electron chi connectivity index (χ3n) is 2.72. The van der Waals surface area contributed by atoms with E-state index in [0.717, 1.165) is 27.1 Å². The predicted octanol–water partition coefficient (Wildman–Crippen LogP) is 3.89. The van der Waals surface area contributed by atoms with Crippen LogP contribution in [-0.4, -0.2) is 13.2 Å². The molecule has 0 spiro atoms. The van der Waals surface area contributed by atoms with Crippen LogP contribution >= 0.6 is 15.9 Å². The molecule has 0 bridgehead atoms. The van der Waals surface area contributed by atoms with E-state index in [4.69, 9.17) is 9.47 Å². The zero-order valence-corrected chi connectivity index (χ0v) is 10.7. The first-order valence-corrected chi connectivity index (χ1v) is 6.28. The molecule has 0 unspecified atom stereocenters. The maximum absolute atomic E-state index is 5.59. The standard InChI is InChI=1S/C14H11BrO2/c15-12-9-14-13(16-6-7-17-14)8-11(12)10-4-2-1-3-5-10/h1-5,8-9H,6-7H2. The van der Waals surface area contributed by atoms with Gasteiger partial charge in [0.1, 0.15) is 13.2 Å². The smallest absolute Gasteiger partial charge is 0.162 e. The maximum atomic E-state index is 5.59. The SMILES string of the molecule is Brc1cc2c(cc1-c1ccccc1)OCCO2. The van der Waals surface area contributed by atoms with E-state index in [1.807, 2.05) is 30.3 Å². The van der Waals surface area contributed by atoms with Gasteiger partial charge in [0.25, 0.3) is 0 Å². The molecular weight excluding hydrogens is 280 g/mol. The van der Waals surface area contributed by atoms with Crippen LogP contribution in [-0.2, 0) is 0 Å². The second-order valence-corrected chi connectivity index (χ2v) is 4.70. The molecule has 0 aromatic heterocycles. The van der Waals surface area contributed by atoms with E-state index in [9.17, 15) is 0 Å². The molecule has 0 atom stereocenters. The first-order chi connectivity index (χ1) is 8.34. The third-order valence-corrected chi connectivity index (χ3v) is 3.37. The minimum Gasteiger partial charge on any atom is -0.486 e. The molecule has 0 saturated carbocycles. The number of benzene rings is 2. The highest BCUT2D eigenvalue weighted by molar-refractivity contribution is 9.10. The lowest BCUT2D eigenvalue weighted by Gasteiger charge is -2.20. The molecule has 17 heavy (non-hydrogen) atoms. The summed E-state index contributed by atoms with van der Waals surface area (Å²) in [6.45, 7) is 1.23. The lowest BCUT2D eigenvalue weighted by atomic mass is 10.1. The van der Waals surface area contributed by atoms with Crippen LogP contribution in [0.2, 0.25) is 0 Å². The summed E-state index contributed by atoms with van der Waals surface area (Å²) in [5.41, 5.74) is 2.28. The Morgan fingerprint density at radius 1 is 0.882 bits per heavy atom. The molecule has 3 heteroatoms. The Kier molecular flexibility index (Phi) is 2.77. The van der Waals surface area contributed by atoms with Gasteiger partial charge in [0.15, 0.2) is 11.5 Å². The van der Waals surface area contributed by atoms with Gasteiger partial charge in [0.05, 0.1) is 0 Å². The number of halogens is 1. The monoisotopic (exact) mass is 290 g/mol. The fourth-order valence-electron chi connectivity index (χ4n) is 1.90. The van der Waals surface area contributed by atoms with Crippen LogP contribution in [0, 0.1) is 0 Å². The molecular formula is C14H11BrO2. The van der Waals surface area contributed by atoms with Crippen LogP contribution < -0.4 is 9.47 Å². The topological polar surface area (TPSA) is 18.5 Å². The maximum Gasteiger partial charge on any atom is 0.162 e. The second kappa shape index (κ2) is 4.41.